The molecule has 0 aliphatic carbocycles. The van der Waals surface area contributed by atoms with E-state index in [-0.39, 0.29) is 0 Å². The number of nitrogens with two attached hydrogens (primary N) is 1. The van der Waals surface area contributed by atoms with Crippen LogP contribution in [0.3, 0.4) is 0 Å². The summed E-state index contributed by atoms with van der Waals surface area (Å²) in [4.78, 5) is 6.67. The van der Waals surface area contributed by atoms with Crippen molar-refractivity contribution in [2.24, 2.45) is 0 Å². The number of piperazine rings is 1. The van der Waals surface area contributed by atoms with Crippen LogP contribution in [0.4, 0.5) is 11.6 Å². The van der Waals surface area contributed by atoms with E-state index in [2.05, 4.69) is 30.9 Å². The van der Waals surface area contributed by atoms with Gasteiger partial charge in [-0.3, -0.25) is 9.88 Å². The Labute approximate surface area is 185 Å². The lowest BCUT2D eigenvalue weighted by Crippen LogP contribution is -2.44. The molecule has 160 valence electrons. The van der Waals surface area contributed by atoms with Gasteiger partial charge in [-0.05, 0) is 42.9 Å². The van der Waals surface area contributed by atoms with E-state index < -0.39 is 0 Å². The summed E-state index contributed by atoms with van der Waals surface area (Å²) in [5.74, 6) is 6.67. The van der Waals surface area contributed by atoms with Crippen LogP contribution in [0.25, 0.3) is 10.9 Å². The standard InChI is InChI=1S/C19H26ClN9S/c20-14-2-3-15-16(4-7-24-17(15)12-14)23-5-1-6-25-18-26-28(19(30)29(18)21)13-27-10-8-22-9-11-27/h2-4,7,12,22H,1,5-6,8-11,13,21H2,(H,23,24)(H,25,26). The minimum absolute atomic E-state index is 0.510. The Morgan fingerprint density at radius 3 is 2.80 bits per heavy atom. The summed E-state index contributed by atoms with van der Waals surface area (Å²) >= 11 is 11.5. The molecule has 0 spiro atoms. The van der Waals surface area contributed by atoms with Crippen molar-refractivity contribution in [3.8, 4) is 0 Å². The quantitative estimate of drug-likeness (QED) is 0.236. The number of hydrogen-bond donors (Lipinski definition) is 4. The number of nitrogens with zero attached hydrogens (tertiary/aromatic N) is 5. The van der Waals surface area contributed by atoms with Crippen LogP contribution in [0.1, 0.15) is 6.42 Å². The summed E-state index contributed by atoms with van der Waals surface area (Å²) in [6.45, 7) is 6.08. The lowest BCUT2D eigenvalue weighted by atomic mass is 10.2. The van der Waals surface area contributed by atoms with Crippen molar-refractivity contribution < 1.29 is 0 Å². The molecule has 30 heavy (non-hydrogen) atoms. The van der Waals surface area contributed by atoms with E-state index in [1.165, 1.54) is 4.68 Å². The minimum Gasteiger partial charge on any atom is -0.384 e. The van der Waals surface area contributed by atoms with Gasteiger partial charge in [-0.25, -0.2) is 9.36 Å². The maximum absolute atomic E-state index is 6.09. The Bertz CT molecular complexity index is 1060. The summed E-state index contributed by atoms with van der Waals surface area (Å²) in [5.41, 5.74) is 1.92. The van der Waals surface area contributed by atoms with Crippen LogP contribution in [0, 0.1) is 4.77 Å². The number of aromatic nitrogens is 4. The molecule has 1 aliphatic rings. The Morgan fingerprint density at radius 1 is 1.17 bits per heavy atom. The second-order valence-corrected chi connectivity index (χ2v) is 8.01. The molecule has 1 saturated heterocycles. The third-order valence-corrected chi connectivity index (χ3v) is 5.71. The topological polar surface area (TPSA) is 101 Å². The third-order valence-electron chi connectivity index (χ3n) is 5.07. The average molecular weight is 448 g/mol. The van der Waals surface area contributed by atoms with E-state index >= 15 is 0 Å². The summed E-state index contributed by atoms with van der Waals surface area (Å²) in [6, 6.07) is 7.70. The number of fused-ring (bicyclic) bond motifs is 1. The van der Waals surface area contributed by atoms with Crippen molar-refractivity contribution in [1.29, 1.82) is 0 Å². The van der Waals surface area contributed by atoms with Crippen molar-refractivity contribution in [2.45, 2.75) is 13.1 Å². The largest absolute Gasteiger partial charge is 0.384 e. The smallest absolute Gasteiger partial charge is 0.242 e. The zero-order chi connectivity index (χ0) is 20.9. The number of hydrogen-bond acceptors (Lipinski definition) is 8. The van der Waals surface area contributed by atoms with Gasteiger partial charge in [0.05, 0.1) is 12.2 Å². The van der Waals surface area contributed by atoms with E-state index in [1.807, 2.05) is 24.3 Å². The Hall–Kier alpha value is -2.40. The van der Waals surface area contributed by atoms with Gasteiger partial charge in [0.15, 0.2) is 0 Å². The van der Waals surface area contributed by atoms with Crippen LogP contribution in [-0.4, -0.2) is 63.6 Å². The monoisotopic (exact) mass is 447 g/mol. The van der Waals surface area contributed by atoms with E-state index in [0.717, 1.165) is 62.3 Å². The highest BCUT2D eigenvalue weighted by Gasteiger charge is 2.14. The highest BCUT2D eigenvalue weighted by Crippen LogP contribution is 2.24. The molecule has 0 saturated carbocycles. The lowest BCUT2D eigenvalue weighted by molar-refractivity contribution is 0.182. The maximum atomic E-state index is 6.09. The maximum Gasteiger partial charge on any atom is 0.242 e. The van der Waals surface area contributed by atoms with Crippen LogP contribution >= 0.6 is 23.8 Å². The molecule has 1 fully saturated rings. The summed E-state index contributed by atoms with van der Waals surface area (Å²) in [7, 11) is 0. The predicted octanol–water partition coefficient (Wildman–Crippen LogP) is 2.11. The van der Waals surface area contributed by atoms with Crippen molar-refractivity contribution >= 4 is 46.4 Å². The molecular formula is C19H26ClN9S. The molecule has 0 amide bonds. The van der Waals surface area contributed by atoms with Gasteiger partial charge < -0.3 is 21.8 Å². The van der Waals surface area contributed by atoms with Crippen LogP contribution in [-0.2, 0) is 6.67 Å². The SMILES string of the molecule is Nn1c(NCCCNc2ccnc3cc(Cl)ccc23)nn(CN2CCNCC2)c1=S. The number of nitrogens with one attached hydrogen (secondary N) is 3. The van der Waals surface area contributed by atoms with Gasteiger partial charge in [0.1, 0.15) is 0 Å². The first kappa shape index (κ1) is 20.9. The number of anilines is 2. The molecule has 0 unspecified atom stereocenters. The number of pyridine rings is 1. The average Bonchev–Trinajstić information content (AvgIpc) is 3.02. The van der Waals surface area contributed by atoms with E-state index in [0.29, 0.717) is 22.4 Å². The Morgan fingerprint density at radius 2 is 1.97 bits per heavy atom. The number of rotatable bonds is 8. The Kier molecular flexibility index (Phi) is 6.68. The molecule has 0 bridgehead atoms. The van der Waals surface area contributed by atoms with Gasteiger partial charge in [0.25, 0.3) is 0 Å². The van der Waals surface area contributed by atoms with Gasteiger partial charge in [0, 0.05) is 61.6 Å². The summed E-state index contributed by atoms with van der Waals surface area (Å²) in [5, 5.41) is 16.4. The van der Waals surface area contributed by atoms with Crippen molar-refractivity contribution in [1.82, 2.24) is 29.7 Å². The Balaban J connectivity index is 1.29. The molecule has 1 aromatic carbocycles. The highest BCUT2D eigenvalue weighted by atomic mass is 35.5. The fourth-order valence-corrected chi connectivity index (χ4v) is 3.81. The summed E-state index contributed by atoms with van der Waals surface area (Å²) in [6.07, 6.45) is 2.67. The van der Waals surface area contributed by atoms with Crippen LogP contribution in [0.2, 0.25) is 5.02 Å². The zero-order valence-electron chi connectivity index (χ0n) is 16.6. The minimum atomic E-state index is 0.510. The molecule has 2 aromatic heterocycles. The molecule has 4 rings (SSSR count). The lowest BCUT2D eigenvalue weighted by Gasteiger charge is -2.26. The first-order valence-electron chi connectivity index (χ1n) is 10.0. The number of nitrogen functional groups attached to an aromatic ring is 1. The fraction of sp³-hybridized carbons (Fsp3) is 0.421. The number of halogens is 1. The fourth-order valence-electron chi connectivity index (χ4n) is 3.46. The first-order chi connectivity index (χ1) is 14.6. The second kappa shape index (κ2) is 9.61. The van der Waals surface area contributed by atoms with Gasteiger partial charge >= 0.3 is 0 Å². The molecule has 3 aromatic rings. The van der Waals surface area contributed by atoms with E-state index in [4.69, 9.17) is 29.7 Å². The molecule has 3 heterocycles. The van der Waals surface area contributed by atoms with Crippen molar-refractivity contribution in [3.63, 3.8) is 0 Å². The van der Waals surface area contributed by atoms with E-state index in [9.17, 15) is 0 Å². The zero-order valence-corrected chi connectivity index (χ0v) is 18.2. The van der Waals surface area contributed by atoms with Gasteiger partial charge in [0.2, 0.25) is 10.7 Å². The molecule has 11 heteroatoms. The molecule has 5 N–H and O–H groups in total. The van der Waals surface area contributed by atoms with Crippen molar-refractivity contribution in [2.75, 3.05) is 55.7 Å². The normalized spacial score (nSPS) is 14.8. The number of benzene rings is 1. The first-order valence-corrected chi connectivity index (χ1v) is 10.8. The highest BCUT2D eigenvalue weighted by molar-refractivity contribution is 7.71. The van der Waals surface area contributed by atoms with Crippen LogP contribution < -0.4 is 21.8 Å². The second-order valence-electron chi connectivity index (χ2n) is 7.21. The molecule has 1 aliphatic heterocycles. The predicted molar refractivity (Wildman–Crippen MR) is 124 cm³/mol. The van der Waals surface area contributed by atoms with Crippen LogP contribution in [0.15, 0.2) is 30.5 Å². The van der Waals surface area contributed by atoms with Crippen LogP contribution in [0.5, 0.6) is 0 Å². The molecule has 9 nitrogen and oxygen atoms in total. The van der Waals surface area contributed by atoms with Gasteiger partial charge in [-0.2, -0.15) is 0 Å². The van der Waals surface area contributed by atoms with Gasteiger partial charge in [-0.15, -0.1) is 5.10 Å². The molecule has 0 radical (unpaired) electrons. The summed E-state index contributed by atoms with van der Waals surface area (Å²) < 4.78 is 3.72. The van der Waals surface area contributed by atoms with E-state index in [1.54, 1.807) is 10.9 Å². The third kappa shape index (κ3) is 4.84. The van der Waals surface area contributed by atoms with Gasteiger partial charge in [-0.1, -0.05) is 11.6 Å². The molecule has 0 atom stereocenters. The van der Waals surface area contributed by atoms with Crippen molar-refractivity contribution in [3.05, 3.63) is 40.3 Å². The molecular weight excluding hydrogens is 422 g/mol.